The lowest BCUT2D eigenvalue weighted by molar-refractivity contribution is 0.502. The van der Waals surface area contributed by atoms with Crippen molar-refractivity contribution in [2.75, 3.05) is 5.32 Å². The first kappa shape index (κ1) is 13.4. The Labute approximate surface area is 121 Å². The number of pyridine rings is 1. The van der Waals surface area contributed by atoms with Gasteiger partial charge in [0.05, 0.1) is 5.56 Å². The maximum absolute atomic E-state index is 9.35. The summed E-state index contributed by atoms with van der Waals surface area (Å²) in [5.74, 6) is 1.66. The van der Waals surface area contributed by atoms with Crippen molar-refractivity contribution in [3.63, 3.8) is 0 Å². The van der Waals surface area contributed by atoms with Gasteiger partial charge < -0.3 is 5.32 Å². The van der Waals surface area contributed by atoms with E-state index in [1.807, 2.05) is 0 Å². The molecule has 1 aromatic rings. The van der Waals surface area contributed by atoms with Crippen LogP contribution in [0.2, 0.25) is 0 Å². The van der Waals surface area contributed by atoms with E-state index in [1.54, 1.807) is 0 Å². The number of hydrogen-bond donors (Lipinski definition) is 1. The second-order valence-electron chi connectivity index (χ2n) is 6.41. The van der Waals surface area contributed by atoms with Crippen molar-refractivity contribution in [3.8, 4) is 6.07 Å². The molecule has 1 aromatic heterocycles. The molecular formula is C17H23N3. The lowest BCUT2D eigenvalue weighted by Crippen LogP contribution is -2.20. The van der Waals surface area contributed by atoms with Gasteiger partial charge in [-0.25, -0.2) is 4.98 Å². The van der Waals surface area contributed by atoms with Gasteiger partial charge in [0.15, 0.2) is 0 Å². The molecule has 1 heterocycles. The summed E-state index contributed by atoms with van der Waals surface area (Å²) >= 11 is 0. The predicted molar refractivity (Wildman–Crippen MR) is 80.6 cm³/mol. The monoisotopic (exact) mass is 269 g/mol. The molecule has 20 heavy (non-hydrogen) atoms. The van der Waals surface area contributed by atoms with Crippen molar-refractivity contribution in [1.82, 2.24) is 4.98 Å². The molecule has 106 valence electrons. The fraction of sp³-hybridized carbons (Fsp3) is 0.647. The van der Waals surface area contributed by atoms with Gasteiger partial charge in [0.1, 0.15) is 11.9 Å². The largest absolute Gasteiger partial charge is 0.366 e. The molecule has 2 aliphatic rings. The van der Waals surface area contributed by atoms with Crippen LogP contribution in [0.3, 0.4) is 0 Å². The Bertz CT molecular complexity index is 530. The smallest absolute Gasteiger partial charge is 0.144 e. The van der Waals surface area contributed by atoms with Crippen molar-refractivity contribution in [2.45, 2.75) is 64.3 Å². The molecule has 3 heteroatoms. The third-order valence-electron chi connectivity index (χ3n) is 4.77. The van der Waals surface area contributed by atoms with Crippen molar-refractivity contribution in [1.29, 1.82) is 5.26 Å². The lowest BCUT2D eigenvalue weighted by Gasteiger charge is -2.18. The molecule has 2 atom stereocenters. The van der Waals surface area contributed by atoms with Gasteiger partial charge in [0, 0.05) is 11.7 Å². The summed E-state index contributed by atoms with van der Waals surface area (Å²) in [5, 5.41) is 12.9. The van der Waals surface area contributed by atoms with E-state index >= 15 is 0 Å². The van der Waals surface area contributed by atoms with Crippen molar-refractivity contribution in [3.05, 3.63) is 22.9 Å². The topological polar surface area (TPSA) is 48.7 Å². The second kappa shape index (κ2) is 5.83. The number of nitriles is 1. The molecular weight excluding hydrogens is 246 g/mol. The van der Waals surface area contributed by atoms with Crippen LogP contribution < -0.4 is 5.32 Å². The van der Waals surface area contributed by atoms with Crippen LogP contribution >= 0.6 is 0 Å². The Morgan fingerprint density at radius 2 is 2.10 bits per heavy atom. The van der Waals surface area contributed by atoms with Crippen LogP contribution in [0.1, 0.15) is 62.3 Å². The number of fused-ring (bicyclic) bond motifs is 1. The molecule has 0 saturated heterocycles. The molecule has 0 bridgehead atoms. The van der Waals surface area contributed by atoms with E-state index in [4.69, 9.17) is 4.98 Å². The van der Waals surface area contributed by atoms with Crippen LogP contribution in [0.4, 0.5) is 5.82 Å². The summed E-state index contributed by atoms with van der Waals surface area (Å²) in [6.07, 6.45) is 9.63. The molecule has 3 rings (SSSR count). The summed E-state index contributed by atoms with van der Waals surface area (Å²) < 4.78 is 0. The number of aryl methyl sites for hydroxylation is 2. The molecule has 1 N–H and O–H groups in total. The minimum absolute atomic E-state index is 0.485. The highest BCUT2D eigenvalue weighted by Crippen LogP contribution is 2.28. The molecule has 3 nitrogen and oxygen atoms in total. The molecule has 1 fully saturated rings. The van der Waals surface area contributed by atoms with Gasteiger partial charge in [0.25, 0.3) is 0 Å². The molecule has 0 aromatic carbocycles. The van der Waals surface area contributed by atoms with Gasteiger partial charge in [0.2, 0.25) is 0 Å². The minimum atomic E-state index is 0.485. The van der Waals surface area contributed by atoms with E-state index in [0.717, 1.165) is 30.1 Å². The van der Waals surface area contributed by atoms with E-state index in [0.29, 0.717) is 6.04 Å². The second-order valence-corrected chi connectivity index (χ2v) is 6.41. The summed E-state index contributed by atoms with van der Waals surface area (Å²) in [5.41, 5.74) is 3.21. The first-order valence-electron chi connectivity index (χ1n) is 7.95. The molecule has 0 radical (unpaired) electrons. The lowest BCUT2D eigenvalue weighted by atomic mass is 10.0. The Morgan fingerprint density at radius 3 is 2.95 bits per heavy atom. The number of rotatable bonds is 2. The van der Waals surface area contributed by atoms with Crippen molar-refractivity contribution in [2.24, 2.45) is 5.92 Å². The quantitative estimate of drug-likeness (QED) is 0.830. The molecule has 2 unspecified atom stereocenters. The van der Waals surface area contributed by atoms with Gasteiger partial charge in [-0.15, -0.1) is 0 Å². The van der Waals surface area contributed by atoms with Crippen LogP contribution in [0.5, 0.6) is 0 Å². The SMILES string of the molecule is CC1CCCC(Nc2nc3c(cc2C#N)CCC3)CC1. The standard InChI is InChI=1S/C17H23N3/c1-12-4-2-6-15(9-8-12)19-17-14(11-18)10-13-5-3-7-16(13)20-17/h10,12,15H,2-9H2,1H3,(H,19,20). The molecule has 0 spiro atoms. The molecule has 0 amide bonds. The van der Waals surface area contributed by atoms with Gasteiger partial charge in [-0.05, 0) is 56.1 Å². The summed E-state index contributed by atoms with van der Waals surface area (Å²) in [6, 6.07) is 4.85. The van der Waals surface area contributed by atoms with Crippen LogP contribution in [0.25, 0.3) is 0 Å². The van der Waals surface area contributed by atoms with Crippen LogP contribution in [-0.4, -0.2) is 11.0 Å². The normalized spacial score (nSPS) is 25.6. The molecule has 1 saturated carbocycles. The minimum Gasteiger partial charge on any atom is -0.366 e. The predicted octanol–water partition coefficient (Wildman–Crippen LogP) is 3.82. The highest BCUT2D eigenvalue weighted by atomic mass is 15.0. The Balaban J connectivity index is 1.78. The van der Waals surface area contributed by atoms with E-state index in [2.05, 4.69) is 24.4 Å². The highest BCUT2D eigenvalue weighted by molar-refractivity contribution is 5.55. The molecule has 0 aliphatic heterocycles. The van der Waals surface area contributed by atoms with Gasteiger partial charge in [-0.2, -0.15) is 5.26 Å². The Hall–Kier alpha value is -1.56. The van der Waals surface area contributed by atoms with Crippen LogP contribution in [0, 0.1) is 17.2 Å². The van der Waals surface area contributed by atoms with Gasteiger partial charge >= 0.3 is 0 Å². The van der Waals surface area contributed by atoms with E-state index in [-0.39, 0.29) is 0 Å². The van der Waals surface area contributed by atoms with Crippen LogP contribution in [0.15, 0.2) is 6.07 Å². The first-order chi connectivity index (χ1) is 9.76. The maximum atomic E-state index is 9.35. The summed E-state index contributed by atoms with van der Waals surface area (Å²) in [7, 11) is 0. The average molecular weight is 269 g/mol. The van der Waals surface area contributed by atoms with Gasteiger partial charge in [-0.3, -0.25) is 0 Å². The first-order valence-corrected chi connectivity index (χ1v) is 7.95. The number of nitrogens with one attached hydrogen (secondary N) is 1. The Kier molecular flexibility index (Phi) is 3.91. The highest BCUT2D eigenvalue weighted by Gasteiger charge is 2.20. The summed E-state index contributed by atoms with van der Waals surface area (Å²) in [4.78, 5) is 4.73. The zero-order valence-corrected chi connectivity index (χ0v) is 12.3. The number of nitrogens with zero attached hydrogens (tertiary/aromatic N) is 2. The molecule has 2 aliphatic carbocycles. The van der Waals surface area contributed by atoms with E-state index in [9.17, 15) is 5.26 Å². The third-order valence-corrected chi connectivity index (χ3v) is 4.77. The third kappa shape index (κ3) is 2.80. The summed E-state index contributed by atoms with van der Waals surface area (Å²) in [6.45, 7) is 2.34. The zero-order chi connectivity index (χ0) is 13.9. The van der Waals surface area contributed by atoms with Crippen molar-refractivity contribution < 1.29 is 0 Å². The number of aromatic nitrogens is 1. The van der Waals surface area contributed by atoms with E-state index < -0.39 is 0 Å². The zero-order valence-electron chi connectivity index (χ0n) is 12.3. The number of anilines is 1. The average Bonchev–Trinajstić information content (AvgIpc) is 2.81. The maximum Gasteiger partial charge on any atom is 0.144 e. The fourth-order valence-electron chi connectivity index (χ4n) is 3.49. The van der Waals surface area contributed by atoms with Crippen molar-refractivity contribution >= 4 is 5.82 Å². The van der Waals surface area contributed by atoms with E-state index in [1.165, 1.54) is 49.8 Å². The fourth-order valence-corrected chi connectivity index (χ4v) is 3.49. The van der Waals surface area contributed by atoms with Gasteiger partial charge in [-0.1, -0.05) is 19.8 Å². The Morgan fingerprint density at radius 1 is 1.20 bits per heavy atom. The number of hydrogen-bond acceptors (Lipinski definition) is 3. The van der Waals surface area contributed by atoms with Crippen LogP contribution in [-0.2, 0) is 12.8 Å².